The van der Waals surface area contributed by atoms with Crippen LogP contribution in [-0.4, -0.2) is 17.4 Å². The number of nitrogens with two attached hydrogens (primary N) is 1. The van der Waals surface area contributed by atoms with Crippen LogP contribution < -0.4 is 11.1 Å². The quantitative estimate of drug-likeness (QED) is 0.826. The first-order chi connectivity index (χ1) is 9.66. The fourth-order valence-electron chi connectivity index (χ4n) is 1.87. The molecule has 0 spiro atoms. The van der Waals surface area contributed by atoms with E-state index in [9.17, 15) is 4.79 Å². The third-order valence-electron chi connectivity index (χ3n) is 2.90. The Balaban J connectivity index is 1.82. The van der Waals surface area contributed by atoms with Crippen molar-refractivity contribution in [3.8, 4) is 0 Å². The molecule has 0 aliphatic carbocycles. The van der Waals surface area contributed by atoms with Gasteiger partial charge in [-0.15, -0.1) is 0 Å². The first kappa shape index (κ1) is 14.5. The van der Waals surface area contributed by atoms with Crippen molar-refractivity contribution in [3.63, 3.8) is 0 Å². The van der Waals surface area contributed by atoms with Crippen LogP contribution in [0.3, 0.4) is 0 Å². The number of nitrogens with one attached hydrogen (secondary N) is 1. The normalized spacial score (nSPS) is 10.2. The number of pyridine rings is 1. The van der Waals surface area contributed by atoms with Gasteiger partial charge in [0, 0.05) is 17.2 Å². The molecule has 0 saturated heterocycles. The Morgan fingerprint density at radius 1 is 1.30 bits per heavy atom. The summed E-state index contributed by atoms with van der Waals surface area (Å²) in [5, 5.41) is 2.86. The highest BCUT2D eigenvalue weighted by Crippen LogP contribution is 2.15. The fourth-order valence-corrected chi connectivity index (χ4v) is 2.20. The number of aryl methyl sites for hydroxylation is 1. The lowest BCUT2D eigenvalue weighted by atomic mass is 10.1. The van der Waals surface area contributed by atoms with E-state index >= 15 is 0 Å². The molecular formula is C15H16BrN3O. The third kappa shape index (κ3) is 4.06. The fraction of sp³-hybridized carbons (Fsp3) is 0.200. The van der Waals surface area contributed by atoms with Gasteiger partial charge >= 0.3 is 0 Å². The summed E-state index contributed by atoms with van der Waals surface area (Å²) in [5.74, 6) is 0.0538. The number of nitrogens with zero attached hydrogens (tertiary/aromatic N) is 1. The van der Waals surface area contributed by atoms with Gasteiger partial charge in [0.2, 0.25) is 0 Å². The molecule has 2 rings (SSSR count). The van der Waals surface area contributed by atoms with E-state index < -0.39 is 0 Å². The summed E-state index contributed by atoms with van der Waals surface area (Å²) in [6.07, 6.45) is 3.39. The second-order valence-electron chi connectivity index (χ2n) is 4.43. The molecule has 0 saturated carbocycles. The molecule has 104 valence electrons. The van der Waals surface area contributed by atoms with Gasteiger partial charge in [0.05, 0.1) is 5.56 Å². The Kier molecular flexibility index (Phi) is 5.12. The number of amides is 1. The second kappa shape index (κ2) is 7.05. The third-order valence-corrected chi connectivity index (χ3v) is 3.33. The van der Waals surface area contributed by atoms with Gasteiger partial charge in [-0.05, 0) is 40.4 Å². The van der Waals surface area contributed by atoms with Gasteiger partial charge in [-0.25, -0.2) is 4.98 Å². The van der Waals surface area contributed by atoms with Crippen molar-refractivity contribution in [3.05, 3.63) is 58.2 Å². The average molecular weight is 334 g/mol. The Morgan fingerprint density at radius 2 is 2.05 bits per heavy atom. The molecule has 0 atom stereocenters. The molecule has 1 amide bonds. The zero-order valence-electron chi connectivity index (χ0n) is 11.0. The lowest BCUT2D eigenvalue weighted by Gasteiger charge is -2.07. The smallest absolute Gasteiger partial charge is 0.255 e. The molecule has 0 fully saturated rings. The van der Waals surface area contributed by atoms with Crippen LogP contribution in [0.25, 0.3) is 0 Å². The molecule has 0 bridgehead atoms. The SMILES string of the molecule is Nc1ncc(Br)cc1C(=O)NCCCc1ccccc1. The first-order valence-electron chi connectivity index (χ1n) is 6.40. The number of anilines is 1. The van der Waals surface area contributed by atoms with Gasteiger partial charge in [-0.3, -0.25) is 4.79 Å². The molecule has 20 heavy (non-hydrogen) atoms. The predicted molar refractivity (Wildman–Crippen MR) is 83.4 cm³/mol. The van der Waals surface area contributed by atoms with Crippen LogP contribution in [0.4, 0.5) is 5.82 Å². The van der Waals surface area contributed by atoms with Crippen molar-refractivity contribution >= 4 is 27.7 Å². The summed E-state index contributed by atoms with van der Waals surface area (Å²) >= 11 is 3.28. The molecule has 4 nitrogen and oxygen atoms in total. The number of aromatic nitrogens is 1. The van der Waals surface area contributed by atoms with Gasteiger partial charge in [0.15, 0.2) is 0 Å². The number of rotatable bonds is 5. The number of halogens is 1. The van der Waals surface area contributed by atoms with E-state index in [2.05, 4.69) is 38.4 Å². The highest BCUT2D eigenvalue weighted by Gasteiger charge is 2.10. The Hall–Kier alpha value is -1.88. The van der Waals surface area contributed by atoms with E-state index in [4.69, 9.17) is 5.73 Å². The highest BCUT2D eigenvalue weighted by molar-refractivity contribution is 9.10. The van der Waals surface area contributed by atoms with Gasteiger partial charge in [0.1, 0.15) is 5.82 Å². The zero-order valence-corrected chi connectivity index (χ0v) is 12.6. The summed E-state index contributed by atoms with van der Waals surface area (Å²) in [6.45, 7) is 0.611. The van der Waals surface area contributed by atoms with Crippen LogP contribution in [0.2, 0.25) is 0 Å². The van der Waals surface area contributed by atoms with Gasteiger partial charge in [-0.2, -0.15) is 0 Å². The number of nitrogen functional groups attached to an aromatic ring is 1. The van der Waals surface area contributed by atoms with Crippen LogP contribution in [-0.2, 0) is 6.42 Å². The van der Waals surface area contributed by atoms with Gasteiger partial charge in [-0.1, -0.05) is 30.3 Å². The van der Waals surface area contributed by atoms with Crippen LogP contribution in [0.5, 0.6) is 0 Å². The Labute approximate surface area is 126 Å². The molecule has 0 unspecified atom stereocenters. The van der Waals surface area contributed by atoms with E-state index in [0.717, 1.165) is 17.3 Å². The number of hydrogen-bond acceptors (Lipinski definition) is 3. The summed E-state index contributed by atoms with van der Waals surface area (Å²) in [6, 6.07) is 11.9. The zero-order chi connectivity index (χ0) is 14.4. The Morgan fingerprint density at radius 3 is 2.80 bits per heavy atom. The highest BCUT2D eigenvalue weighted by atomic mass is 79.9. The summed E-state index contributed by atoms with van der Waals surface area (Å²) in [4.78, 5) is 15.9. The summed E-state index contributed by atoms with van der Waals surface area (Å²) in [7, 11) is 0. The first-order valence-corrected chi connectivity index (χ1v) is 7.19. The molecule has 1 aromatic carbocycles. The molecule has 0 aliphatic heterocycles. The topological polar surface area (TPSA) is 68.0 Å². The van der Waals surface area contributed by atoms with Crippen molar-refractivity contribution < 1.29 is 4.79 Å². The lowest BCUT2D eigenvalue weighted by Crippen LogP contribution is -2.26. The van der Waals surface area contributed by atoms with Gasteiger partial charge < -0.3 is 11.1 Å². The number of hydrogen-bond donors (Lipinski definition) is 2. The second-order valence-corrected chi connectivity index (χ2v) is 5.35. The number of benzene rings is 1. The largest absolute Gasteiger partial charge is 0.383 e. The van der Waals surface area contributed by atoms with Crippen LogP contribution >= 0.6 is 15.9 Å². The van der Waals surface area contributed by atoms with E-state index in [1.54, 1.807) is 12.3 Å². The minimum atomic E-state index is -0.190. The molecular weight excluding hydrogens is 318 g/mol. The van der Waals surface area contributed by atoms with Crippen molar-refractivity contribution in [2.75, 3.05) is 12.3 Å². The van der Waals surface area contributed by atoms with E-state index in [0.29, 0.717) is 12.1 Å². The molecule has 0 aliphatic rings. The number of carbonyl (C=O) groups is 1. The Bertz CT molecular complexity index is 587. The molecule has 3 N–H and O–H groups in total. The van der Waals surface area contributed by atoms with E-state index in [-0.39, 0.29) is 11.7 Å². The molecule has 1 aromatic heterocycles. The molecule has 2 aromatic rings. The molecule has 0 radical (unpaired) electrons. The summed E-state index contributed by atoms with van der Waals surface area (Å²) in [5.41, 5.74) is 7.36. The van der Waals surface area contributed by atoms with Crippen LogP contribution in [0.1, 0.15) is 22.3 Å². The van der Waals surface area contributed by atoms with Crippen molar-refractivity contribution in [1.82, 2.24) is 10.3 Å². The van der Waals surface area contributed by atoms with E-state index in [1.165, 1.54) is 5.56 Å². The summed E-state index contributed by atoms with van der Waals surface area (Å²) < 4.78 is 0.737. The lowest BCUT2D eigenvalue weighted by molar-refractivity contribution is 0.0954. The average Bonchev–Trinajstić information content (AvgIpc) is 2.47. The monoisotopic (exact) mass is 333 g/mol. The maximum atomic E-state index is 12.0. The molecule has 5 heteroatoms. The van der Waals surface area contributed by atoms with E-state index in [1.807, 2.05) is 18.2 Å². The van der Waals surface area contributed by atoms with Gasteiger partial charge in [0.25, 0.3) is 5.91 Å². The number of carbonyl (C=O) groups excluding carboxylic acids is 1. The maximum absolute atomic E-state index is 12.0. The van der Waals surface area contributed by atoms with Crippen molar-refractivity contribution in [2.45, 2.75) is 12.8 Å². The molecule has 1 heterocycles. The predicted octanol–water partition coefficient (Wildman–Crippen LogP) is 2.79. The van der Waals surface area contributed by atoms with Crippen molar-refractivity contribution in [2.24, 2.45) is 0 Å². The van der Waals surface area contributed by atoms with Crippen LogP contribution in [0.15, 0.2) is 47.1 Å². The van der Waals surface area contributed by atoms with Crippen molar-refractivity contribution in [1.29, 1.82) is 0 Å². The minimum Gasteiger partial charge on any atom is -0.383 e. The maximum Gasteiger partial charge on any atom is 0.255 e. The van der Waals surface area contributed by atoms with Crippen LogP contribution in [0, 0.1) is 0 Å². The minimum absolute atomic E-state index is 0.190. The standard InChI is InChI=1S/C15H16BrN3O/c16-12-9-13(14(17)19-10-12)15(20)18-8-4-7-11-5-2-1-3-6-11/h1-3,5-6,9-10H,4,7-8H2,(H2,17,19)(H,18,20).